The lowest BCUT2D eigenvalue weighted by Crippen LogP contribution is -2.38. The fourth-order valence-corrected chi connectivity index (χ4v) is 3.30. The third kappa shape index (κ3) is 5.10. The molecule has 168 valence electrons. The van der Waals surface area contributed by atoms with Crippen molar-refractivity contribution in [2.75, 3.05) is 18.4 Å². The topological polar surface area (TPSA) is 87.4 Å². The minimum Gasteiger partial charge on any atom is -0.379 e. The number of fused-ring (bicyclic) bond motifs is 1. The first kappa shape index (κ1) is 22.9. The molecule has 1 aliphatic rings. The largest absolute Gasteiger partial charge is 0.418 e. The molecule has 2 unspecified atom stereocenters. The fraction of sp³-hybridized carbons (Fsp3) is 0.450. The van der Waals surface area contributed by atoms with Crippen LogP contribution in [0.5, 0.6) is 0 Å². The van der Waals surface area contributed by atoms with Crippen LogP contribution in [0.1, 0.15) is 38.4 Å². The summed E-state index contributed by atoms with van der Waals surface area (Å²) in [5, 5.41) is 15.9. The summed E-state index contributed by atoms with van der Waals surface area (Å²) < 4.78 is 54.3. The molecule has 0 amide bonds. The number of halogens is 4. The number of hydrogen-bond acceptors (Lipinski definition) is 6. The van der Waals surface area contributed by atoms with Crippen LogP contribution in [0.3, 0.4) is 0 Å². The molecular weight excluding hydrogens is 416 g/mol. The first-order chi connectivity index (χ1) is 14.8. The van der Waals surface area contributed by atoms with Crippen LogP contribution < -0.4 is 10.6 Å². The van der Waals surface area contributed by atoms with Crippen LogP contribution >= 0.6 is 0 Å². The Bertz CT molecular complexity index is 1020. The molecule has 3 aromatic heterocycles. The summed E-state index contributed by atoms with van der Waals surface area (Å²) in [7, 11) is 0. The fourth-order valence-electron chi connectivity index (χ4n) is 3.30. The van der Waals surface area contributed by atoms with E-state index in [0.717, 1.165) is 44.4 Å². The zero-order valence-electron chi connectivity index (χ0n) is 17.1. The van der Waals surface area contributed by atoms with Gasteiger partial charge in [-0.15, -0.1) is 0 Å². The molecule has 1 saturated heterocycles. The third-order valence-corrected chi connectivity index (χ3v) is 4.77. The van der Waals surface area contributed by atoms with E-state index in [1.807, 2.05) is 13.8 Å². The Balaban J connectivity index is 0.00000132. The number of hydrogen-bond donors (Lipinski definition) is 3. The van der Waals surface area contributed by atoms with E-state index in [-0.39, 0.29) is 28.9 Å². The van der Waals surface area contributed by atoms with Gasteiger partial charge in [0.15, 0.2) is 11.9 Å². The molecule has 4 heterocycles. The highest BCUT2D eigenvalue weighted by Crippen LogP contribution is 2.33. The number of piperidine rings is 1. The Morgan fingerprint density at radius 3 is 2.68 bits per heavy atom. The summed E-state index contributed by atoms with van der Waals surface area (Å²) in [6.45, 7) is 5.66. The molecule has 3 aromatic rings. The van der Waals surface area contributed by atoms with E-state index in [2.05, 4.69) is 25.6 Å². The third-order valence-electron chi connectivity index (χ3n) is 4.77. The molecule has 1 aliphatic heterocycles. The molecule has 0 radical (unpaired) electrons. The van der Waals surface area contributed by atoms with Crippen LogP contribution in [-0.2, 0) is 0 Å². The van der Waals surface area contributed by atoms with E-state index in [0.29, 0.717) is 5.65 Å². The van der Waals surface area contributed by atoms with E-state index in [4.69, 9.17) is 0 Å². The zero-order chi connectivity index (χ0) is 22.6. The highest BCUT2D eigenvalue weighted by atomic mass is 19.4. The standard InChI is InChI=1S/C18H18F4N6O.C2H6/c19-12-7-25-17(26-11-2-1-5-23-6-11)27-15(12)13-8-24-14-4-3-10(9-28(13)14)16(29)18(20,21)22;1-2/h3-4,7-9,11,16,23,29H,1-2,5-6H2,(H,25,26,27);1-2H3. The molecule has 0 aromatic carbocycles. The number of aliphatic hydroxyl groups is 1. The second kappa shape index (κ2) is 9.56. The number of anilines is 1. The van der Waals surface area contributed by atoms with Crippen molar-refractivity contribution in [3.63, 3.8) is 0 Å². The van der Waals surface area contributed by atoms with Crippen LogP contribution in [0.15, 0.2) is 30.7 Å². The molecule has 0 aliphatic carbocycles. The molecule has 0 bridgehead atoms. The lowest BCUT2D eigenvalue weighted by atomic mass is 10.1. The van der Waals surface area contributed by atoms with Gasteiger partial charge >= 0.3 is 6.18 Å². The summed E-state index contributed by atoms with van der Waals surface area (Å²) in [6, 6.07) is 2.54. The maximum Gasteiger partial charge on any atom is 0.418 e. The number of alkyl halides is 3. The average molecular weight is 440 g/mol. The van der Waals surface area contributed by atoms with E-state index < -0.39 is 18.1 Å². The average Bonchev–Trinajstić information content (AvgIpc) is 3.19. The lowest BCUT2D eigenvalue weighted by molar-refractivity contribution is -0.206. The maximum atomic E-state index is 14.5. The second-order valence-electron chi connectivity index (χ2n) is 6.86. The van der Waals surface area contributed by atoms with Gasteiger partial charge in [0.25, 0.3) is 0 Å². The molecule has 7 nitrogen and oxygen atoms in total. The second-order valence-corrected chi connectivity index (χ2v) is 6.86. The van der Waals surface area contributed by atoms with Crippen molar-refractivity contribution < 1.29 is 22.7 Å². The Labute approximate surface area is 176 Å². The van der Waals surface area contributed by atoms with Gasteiger partial charge in [-0.1, -0.05) is 19.9 Å². The SMILES string of the molecule is CC.OC(c1ccc2ncc(-c3nc(NC4CCCNC4)ncc3F)n2c1)C(F)(F)F. The highest BCUT2D eigenvalue weighted by Gasteiger charge is 2.39. The van der Waals surface area contributed by atoms with Crippen molar-refractivity contribution in [2.45, 2.75) is 45.0 Å². The number of rotatable bonds is 4. The summed E-state index contributed by atoms with van der Waals surface area (Å²) in [6.07, 6.45) is -2.17. The normalized spacial score (nSPS) is 17.7. The van der Waals surface area contributed by atoms with Gasteiger partial charge in [0.1, 0.15) is 11.3 Å². The van der Waals surface area contributed by atoms with E-state index in [9.17, 15) is 22.7 Å². The van der Waals surface area contributed by atoms with Gasteiger partial charge in [0, 0.05) is 24.3 Å². The van der Waals surface area contributed by atoms with Crippen LogP contribution in [0.4, 0.5) is 23.5 Å². The number of aromatic nitrogens is 4. The molecule has 1 fully saturated rings. The van der Waals surface area contributed by atoms with Crippen LogP contribution in [0, 0.1) is 5.82 Å². The van der Waals surface area contributed by atoms with E-state index in [1.165, 1.54) is 16.7 Å². The van der Waals surface area contributed by atoms with Gasteiger partial charge in [-0.05, 0) is 25.5 Å². The number of nitrogens with one attached hydrogen (secondary N) is 2. The Morgan fingerprint density at radius 2 is 2.00 bits per heavy atom. The van der Waals surface area contributed by atoms with Crippen LogP contribution in [0.25, 0.3) is 17.0 Å². The van der Waals surface area contributed by atoms with Crippen molar-refractivity contribution in [3.05, 3.63) is 42.1 Å². The quantitative estimate of drug-likeness (QED) is 0.536. The Morgan fingerprint density at radius 1 is 1.23 bits per heavy atom. The van der Waals surface area contributed by atoms with Gasteiger partial charge in [-0.2, -0.15) is 13.2 Å². The zero-order valence-corrected chi connectivity index (χ0v) is 17.1. The van der Waals surface area contributed by atoms with Gasteiger partial charge in [-0.25, -0.2) is 19.3 Å². The summed E-state index contributed by atoms with van der Waals surface area (Å²) in [5.74, 6) is -0.516. The van der Waals surface area contributed by atoms with Crippen molar-refractivity contribution in [1.82, 2.24) is 24.7 Å². The number of aliphatic hydroxyl groups excluding tert-OH is 1. The van der Waals surface area contributed by atoms with Gasteiger partial charge < -0.3 is 15.7 Å². The smallest absolute Gasteiger partial charge is 0.379 e. The first-order valence-electron chi connectivity index (χ1n) is 10.0. The molecule has 2 atom stereocenters. The van der Waals surface area contributed by atoms with Gasteiger partial charge in [-0.3, -0.25) is 4.40 Å². The first-order valence-corrected chi connectivity index (χ1v) is 10.0. The van der Waals surface area contributed by atoms with Gasteiger partial charge in [0.05, 0.1) is 18.1 Å². The van der Waals surface area contributed by atoms with E-state index in [1.54, 1.807) is 0 Å². The minimum atomic E-state index is -4.82. The van der Waals surface area contributed by atoms with Crippen molar-refractivity contribution in [3.8, 4) is 11.4 Å². The molecule has 3 N–H and O–H groups in total. The number of pyridine rings is 1. The summed E-state index contributed by atoms with van der Waals surface area (Å²) in [5.41, 5.74) is -0.0363. The summed E-state index contributed by atoms with van der Waals surface area (Å²) in [4.78, 5) is 12.3. The summed E-state index contributed by atoms with van der Waals surface area (Å²) >= 11 is 0. The monoisotopic (exact) mass is 440 g/mol. The molecule has 0 saturated carbocycles. The van der Waals surface area contributed by atoms with Gasteiger partial charge in [0.2, 0.25) is 5.95 Å². The van der Waals surface area contributed by atoms with E-state index >= 15 is 0 Å². The Kier molecular flexibility index (Phi) is 7.06. The molecule has 11 heteroatoms. The molecule has 4 rings (SSSR count). The minimum absolute atomic E-state index is 0.0952. The predicted octanol–water partition coefficient (Wildman–Crippen LogP) is 3.72. The highest BCUT2D eigenvalue weighted by molar-refractivity contribution is 5.62. The van der Waals surface area contributed by atoms with Crippen molar-refractivity contribution in [2.24, 2.45) is 0 Å². The van der Waals surface area contributed by atoms with Crippen molar-refractivity contribution in [1.29, 1.82) is 0 Å². The molecular formula is C20H24F4N6O. The molecule has 0 spiro atoms. The van der Waals surface area contributed by atoms with Crippen molar-refractivity contribution >= 4 is 11.6 Å². The van der Waals surface area contributed by atoms with Crippen LogP contribution in [-0.4, -0.2) is 49.8 Å². The lowest BCUT2D eigenvalue weighted by Gasteiger charge is -2.23. The Hall–Kier alpha value is -2.79. The maximum absolute atomic E-state index is 14.5. The number of nitrogens with zero attached hydrogens (tertiary/aromatic N) is 4. The predicted molar refractivity (Wildman–Crippen MR) is 108 cm³/mol. The number of imidazole rings is 1. The molecule has 31 heavy (non-hydrogen) atoms. The van der Waals surface area contributed by atoms with Crippen LogP contribution in [0.2, 0.25) is 0 Å².